The molecule has 1 aliphatic carbocycles. The van der Waals surface area contributed by atoms with E-state index in [0.717, 1.165) is 51.1 Å². The fourth-order valence-electron chi connectivity index (χ4n) is 3.98. The highest BCUT2D eigenvalue weighted by atomic mass is 127. The van der Waals surface area contributed by atoms with Crippen LogP contribution in [-0.2, 0) is 4.79 Å². The first-order valence-corrected chi connectivity index (χ1v) is 10.5. The van der Waals surface area contributed by atoms with Crippen molar-refractivity contribution in [1.82, 2.24) is 20.4 Å². The Hall–Kier alpha value is -0.570. The van der Waals surface area contributed by atoms with E-state index in [-0.39, 0.29) is 35.8 Å². The van der Waals surface area contributed by atoms with Gasteiger partial charge in [-0.1, -0.05) is 33.1 Å². The highest BCUT2D eigenvalue weighted by molar-refractivity contribution is 14.0. The molecular formula is C20H40IN5O. The lowest BCUT2D eigenvalue weighted by molar-refractivity contribution is -0.133. The molecule has 2 fully saturated rings. The SMILES string of the molecule is CCNC(=NCCN(C)C1CCCCC1)NC1CCN(C(=O)C(C)C)C1.I. The van der Waals surface area contributed by atoms with E-state index in [1.165, 1.54) is 32.1 Å². The van der Waals surface area contributed by atoms with Gasteiger partial charge in [0.05, 0.1) is 6.54 Å². The van der Waals surface area contributed by atoms with Gasteiger partial charge in [0.25, 0.3) is 0 Å². The zero-order valence-corrected chi connectivity index (χ0v) is 20.0. The molecule has 1 unspecified atom stereocenters. The Morgan fingerprint density at radius 1 is 1.22 bits per heavy atom. The van der Waals surface area contributed by atoms with Crippen LogP contribution in [0.25, 0.3) is 0 Å². The first kappa shape index (κ1) is 24.5. The summed E-state index contributed by atoms with van der Waals surface area (Å²) in [4.78, 5) is 21.4. The molecule has 27 heavy (non-hydrogen) atoms. The highest BCUT2D eigenvalue weighted by Crippen LogP contribution is 2.21. The molecule has 6 nitrogen and oxygen atoms in total. The summed E-state index contributed by atoms with van der Waals surface area (Å²) >= 11 is 0. The number of guanidine groups is 1. The van der Waals surface area contributed by atoms with E-state index in [0.29, 0.717) is 6.04 Å². The molecule has 1 heterocycles. The molecule has 0 bridgehead atoms. The minimum atomic E-state index is 0. The second-order valence-corrected chi connectivity index (χ2v) is 8.10. The van der Waals surface area contributed by atoms with Gasteiger partial charge < -0.3 is 20.4 Å². The molecule has 1 aliphatic heterocycles. The number of amides is 1. The maximum absolute atomic E-state index is 12.1. The molecular weight excluding hydrogens is 453 g/mol. The second kappa shape index (κ2) is 12.8. The standard InChI is InChI=1S/C20H39N5O.HI/c1-5-21-20(22-12-14-24(4)18-9-7-6-8-10-18)23-17-11-13-25(15-17)19(26)16(2)3;/h16-18H,5-15H2,1-4H3,(H2,21,22,23);1H. The van der Waals surface area contributed by atoms with Crippen LogP contribution >= 0.6 is 24.0 Å². The Bertz CT molecular complexity index is 465. The minimum absolute atomic E-state index is 0. The number of halogens is 1. The summed E-state index contributed by atoms with van der Waals surface area (Å²) in [6.45, 7) is 10.3. The van der Waals surface area contributed by atoms with Gasteiger partial charge in [0.1, 0.15) is 0 Å². The third-order valence-corrected chi connectivity index (χ3v) is 5.60. The number of likely N-dealkylation sites (tertiary alicyclic amines) is 1. The van der Waals surface area contributed by atoms with Crippen LogP contribution in [0, 0.1) is 5.92 Å². The quantitative estimate of drug-likeness (QED) is 0.325. The van der Waals surface area contributed by atoms with Gasteiger partial charge in [-0.25, -0.2) is 0 Å². The lowest BCUT2D eigenvalue weighted by atomic mass is 9.94. The van der Waals surface area contributed by atoms with E-state index in [2.05, 4.69) is 29.5 Å². The molecule has 2 aliphatic rings. The molecule has 158 valence electrons. The number of nitrogens with zero attached hydrogens (tertiary/aromatic N) is 3. The lowest BCUT2D eigenvalue weighted by Crippen LogP contribution is -2.45. The van der Waals surface area contributed by atoms with Crippen molar-refractivity contribution in [3.05, 3.63) is 0 Å². The van der Waals surface area contributed by atoms with Gasteiger partial charge in [0.2, 0.25) is 5.91 Å². The molecule has 0 radical (unpaired) electrons. The van der Waals surface area contributed by atoms with Crippen LogP contribution in [0.15, 0.2) is 4.99 Å². The van der Waals surface area contributed by atoms with Crippen LogP contribution in [0.5, 0.6) is 0 Å². The zero-order chi connectivity index (χ0) is 18.9. The Kier molecular flexibility index (Phi) is 11.6. The number of rotatable bonds is 7. The number of aliphatic imine (C=N–C) groups is 1. The van der Waals surface area contributed by atoms with Gasteiger partial charge in [-0.05, 0) is 33.2 Å². The highest BCUT2D eigenvalue weighted by Gasteiger charge is 2.28. The summed E-state index contributed by atoms with van der Waals surface area (Å²) in [5, 5.41) is 6.87. The topological polar surface area (TPSA) is 60.0 Å². The molecule has 2 N–H and O–H groups in total. The summed E-state index contributed by atoms with van der Waals surface area (Å²) < 4.78 is 0. The van der Waals surface area contributed by atoms with Crippen LogP contribution in [0.4, 0.5) is 0 Å². The maximum atomic E-state index is 12.1. The third kappa shape index (κ3) is 8.13. The molecule has 1 amide bonds. The van der Waals surface area contributed by atoms with Crippen LogP contribution in [-0.4, -0.2) is 73.5 Å². The summed E-state index contributed by atoms with van der Waals surface area (Å²) in [7, 11) is 2.23. The number of nitrogens with one attached hydrogen (secondary N) is 2. The van der Waals surface area contributed by atoms with Gasteiger partial charge in [-0.2, -0.15) is 0 Å². The minimum Gasteiger partial charge on any atom is -0.357 e. The van der Waals surface area contributed by atoms with E-state index in [9.17, 15) is 4.79 Å². The fraction of sp³-hybridized carbons (Fsp3) is 0.900. The van der Waals surface area contributed by atoms with Crippen molar-refractivity contribution in [3.8, 4) is 0 Å². The van der Waals surface area contributed by atoms with Crippen molar-refractivity contribution in [2.45, 2.75) is 71.4 Å². The average Bonchev–Trinajstić information content (AvgIpc) is 3.10. The first-order valence-electron chi connectivity index (χ1n) is 10.5. The van der Waals surface area contributed by atoms with Gasteiger partial charge in [0.15, 0.2) is 5.96 Å². The number of carbonyl (C=O) groups excluding carboxylic acids is 1. The third-order valence-electron chi connectivity index (χ3n) is 5.60. The lowest BCUT2D eigenvalue weighted by Gasteiger charge is -2.30. The van der Waals surface area contributed by atoms with Crippen molar-refractivity contribution < 1.29 is 4.79 Å². The number of hydrogen-bond donors (Lipinski definition) is 2. The molecule has 1 saturated carbocycles. The molecule has 7 heteroatoms. The van der Waals surface area contributed by atoms with Crippen molar-refractivity contribution in [2.75, 3.05) is 39.8 Å². The summed E-state index contributed by atoms with van der Waals surface area (Å²) in [5.74, 6) is 1.21. The molecule has 0 aromatic carbocycles. The monoisotopic (exact) mass is 493 g/mol. The van der Waals surface area contributed by atoms with Crippen LogP contribution in [0.3, 0.4) is 0 Å². The molecule has 1 atom stereocenters. The van der Waals surface area contributed by atoms with E-state index >= 15 is 0 Å². The summed E-state index contributed by atoms with van der Waals surface area (Å²) in [6, 6.07) is 1.03. The van der Waals surface area contributed by atoms with E-state index < -0.39 is 0 Å². The van der Waals surface area contributed by atoms with Gasteiger partial charge in [0, 0.05) is 44.2 Å². The normalized spacial score (nSPS) is 21.5. The number of carbonyl (C=O) groups is 1. The number of likely N-dealkylation sites (N-methyl/N-ethyl adjacent to an activating group) is 1. The molecule has 2 rings (SSSR count). The largest absolute Gasteiger partial charge is 0.357 e. The molecule has 0 aromatic rings. The zero-order valence-electron chi connectivity index (χ0n) is 17.7. The summed E-state index contributed by atoms with van der Waals surface area (Å²) in [5.41, 5.74) is 0. The molecule has 1 saturated heterocycles. The maximum Gasteiger partial charge on any atom is 0.225 e. The molecule has 0 spiro atoms. The van der Waals surface area contributed by atoms with Crippen molar-refractivity contribution in [2.24, 2.45) is 10.9 Å². The van der Waals surface area contributed by atoms with E-state index in [1.54, 1.807) is 0 Å². The Labute approximate surface area is 182 Å². The predicted octanol–water partition coefficient (Wildman–Crippen LogP) is 2.68. The Morgan fingerprint density at radius 2 is 1.93 bits per heavy atom. The Balaban J connectivity index is 0.00000364. The average molecular weight is 493 g/mol. The van der Waals surface area contributed by atoms with Crippen molar-refractivity contribution >= 4 is 35.8 Å². The van der Waals surface area contributed by atoms with Crippen molar-refractivity contribution in [3.63, 3.8) is 0 Å². The fourth-order valence-corrected chi connectivity index (χ4v) is 3.98. The van der Waals surface area contributed by atoms with Gasteiger partial charge in [-0.3, -0.25) is 9.79 Å². The van der Waals surface area contributed by atoms with E-state index in [4.69, 9.17) is 4.99 Å². The Morgan fingerprint density at radius 3 is 2.56 bits per heavy atom. The predicted molar refractivity (Wildman–Crippen MR) is 124 cm³/mol. The van der Waals surface area contributed by atoms with Gasteiger partial charge in [-0.15, -0.1) is 24.0 Å². The number of hydrogen-bond acceptors (Lipinski definition) is 3. The van der Waals surface area contributed by atoms with E-state index in [1.807, 2.05) is 18.7 Å². The first-order chi connectivity index (χ1) is 12.5. The van der Waals surface area contributed by atoms with Crippen LogP contribution in [0.1, 0.15) is 59.3 Å². The molecule has 0 aromatic heterocycles. The van der Waals surface area contributed by atoms with Crippen molar-refractivity contribution in [1.29, 1.82) is 0 Å². The summed E-state index contributed by atoms with van der Waals surface area (Å²) in [6.07, 6.45) is 7.80. The smallest absolute Gasteiger partial charge is 0.225 e. The van der Waals surface area contributed by atoms with Crippen LogP contribution in [0.2, 0.25) is 0 Å². The second-order valence-electron chi connectivity index (χ2n) is 8.10. The van der Waals surface area contributed by atoms with Crippen LogP contribution < -0.4 is 10.6 Å². The van der Waals surface area contributed by atoms with Gasteiger partial charge >= 0.3 is 0 Å².